The maximum absolute atomic E-state index is 6.25. The smallest absolute Gasteiger partial charge is 0.512 e. The van der Waals surface area contributed by atoms with Gasteiger partial charge in [0.2, 0.25) is 0 Å². The first-order chi connectivity index (χ1) is 4.00. The Kier molecular flexibility index (Phi) is 26.1. The summed E-state index contributed by atoms with van der Waals surface area (Å²) in [5, 5.41) is 6.25. The Balaban J connectivity index is -0.000000114. The van der Waals surface area contributed by atoms with Gasteiger partial charge in [0.1, 0.15) is 0 Å². The molecule has 0 fully saturated rings. The second-order valence-electron chi connectivity index (χ2n) is 1.08. The van der Waals surface area contributed by atoms with E-state index in [1.165, 1.54) is 0 Å². The van der Waals surface area contributed by atoms with Crippen molar-refractivity contribution >= 4 is 17.0 Å². The molecule has 1 aromatic rings. The third-order valence-electron chi connectivity index (χ3n) is 0.607. The SMILES string of the molecule is Br.[C-]#N.[Zn+2].[c-]1ccccc1. The van der Waals surface area contributed by atoms with E-state index in [1.54, 1.807) is 0 Å². The summed E-state index contributed by atoms with van der Waals surface area (Å²) in [5.74, 6) is 0. The number of benzene rings is 1. The maximum Gasteiger partial charge on any atom is 2.00 e. The Morgan fingerprint density at radius 2 is 1.40 bits per heavy atom. The van der Waals surface area contributed by atoms with Crippen LogP contribution in [-0.2, 0) is 19.5 Å². The molecule has 0 aliphatic rings. The third-order valence-corrected chi connectivity index (χ3v) is 0.607. The number of hydrogen-bond acceptors (Lipinski definition) is 1. The van der Waals surface area contributed by atoms with Crippen molar-refractivity contribution in [3.05, 3.63) is 43.0 Å². The van der Waals surface area contributed by atoms with Gasteiger partial charge in [-0.25, -0.2) is 0 Å². The van der Waals surface area contributed by atoms with Crippen molar-refractivity contribution in [3.8, 4) is 0 Å². The van der Waals surface area contributed by atoms with Crippen molar-refractivity contribution in [1.29, 1.82) is 5.26 Å². The van der Waals surface area contributed by atoms with Crippen LogP contribution in [-0.4, -0.2) is 0 Å². The average molecular weight is 249 g/mol. The normalized spacial score (nSPS) is 5.00. The molecule has 0 bridgehead atoms. The summed E-state index contributed by atoms with van der Waals surface area (Å²) >= 11 is 0. The van der Waals surface area contributed by atoms with Gasteiger partial charge in [0.05, 0.1) is 0 Å². The van der Waals surface area contributed by atoms with E-state index in [0.717, 1.165) is 0 Å². The van der Waals surface area contributed by atoms with Crippen molar-refractivity contribution in [3.63, 3.8) is 0 Å². The first-order valence-corrected chi connectivity index (χ1v) is 2.13. The number of nitrogens with zero attached hydrogens (tertiary/aromatic N) is 1. The molecule has 0 aromatic heterocycles. The minimum atomic E-state index is 0. The topological polar surface area (TPSA) is 23.8 Å². The molecule has 0 aliphatic heterocycles. The van der Waals surface area contributed by atoms with Gasteiger partial charge in [0.15, 0.2) is 0 Å². The van der Waals surface area contributed by atoms with Crippen LogP contribution >= 0.6 is 17.0 Å². The molecular formula is C7H6BrNZn. The van der Waals surface area contributed by atoms with Crippen molar-refractivity contribution in [2.75, 3.05) is 0 Å². The van der Waals surface area contributed by atoms with E-state index in [1.807, 2.05) is 30.3 Å². The van der Waals surface area contributed by atoms with Crippen LogP contribution in [0.15, 0.2) is 30.3 Å². The van der Waals surface area contributed by atoms with Gasteiger partial charge < -0.3 is 11.8 Å². The van der Waals surface area contributed by atoms with Crippen LogP contribution in [0.5, 0.6) is 0 Å². The molecule has 0 unspecified atom stereocenters. The van der Waals surface area contributed by atoms with Crippen LogP contribution in [0, 0.1) is 17.9 Å². The molecule has 0 spiro atoms. The van der Waals surface area contributed by atoms with Gasteiger partial charge in [-0.05, 0) is 0 Å². The van der Waals surface area contributed by atoms with Crippen molar-refractivity contribution in [2.45, 2.75) is 0 Å². The molecule has 0 saturated carbocycles. The van der Waals surface area contributed by atoms with Gasteiger partial charge in [-0.15, -0.1) is 17.0 Å². The maximum atomic E-state index is 6.25. The van der Waals surface area contributed by atoms with Crippen molar-refractivity contribution < 1.29 is 19.5 Å². The molecule has 0 atom stereocenters. The van der Waals surface area contributed by atoms with E-state index in [2.05, 4.69) is 6.07 Å². The van der Waals surface area contributed by atoms with Gasteiger partial charge in [-0.1, -0.05) is 0 Å². The van der Waals surface area contributed by atoms with Crippen LogP contribution in [0.1, 0.15) is 0 Å². The molecule has 0 saturated heterocycles. The molecule has 0 amide bonds. The minimum Gasteiger partial charge on any atom is -0.512 e. The molecule has 0 aliphatic carbocycles. The largest absolute Gasteiger partial charge is 2.00 e. The number of rotatable bonds is 0. The van der Waals surface area contributed by atoms with E-state index in [9.17, 15) is 0 Å². The Morgan fingerprint density at radius 3 is 1.50 bits per heavy atom. The monoisotopic (exact) mass is 247 g/mol. The predicted molar refractivity (Wildman–Crippen MR) is 40.6 cm³/mol. The first-order valence-electron chi connectivity index (χ1n) is 2.13. The summed E-state index contributed by atoms with van der Waals surface area (Å²) < 4.78 is 0. The number of halogens is 1. The van der Waals surface area contributed by atoms with Crippen molar-refractivity contribution in [2.24, 2.45) is 0 Å². The average Bonchev–Trinajstić information content (AvgIpc) is 1.96. The van der Waals surface area contributed by atoms with Gasteiger partial charge in [-0.3, -0.25) is 0 Å². The standard InChI is InChI=1S/C6H5.CN.BrH.Zn/c1-2-4-6-5-3-1;1-2;;/h1-5H;;1H;/q2*-1;;+2. The molecule has 1 rings (SSSR count). The van der Waals surface area contributed by atoms with Gasteiger partial charge in [0.25, 0.3) is 0 Å². The quantitative estimate of drug-likeness (QED) is 0.510. The van der Waals surface area contributed by atoms with Gasteiger partial charge >= 0.3 is 19.5 Å². The van der Waals surface area contributed by atoms with E-state index >= 15 is 0 Å². The van der Waals surface area contributed by atoms with Crippen LogP contribution in [0.4, 0.5) is 0 Å². The summed E-state index contributed by atoms with van der Waals surface area (Å²) in [4.78, 5) is 0. The van der Waals surface area contributed by atoms with Crippen molar-refractivity contribution in [1.82, 2.24) is 0 Å². The van der Waals surface area contributed by atoms with Crippen LogP contribution in [0.25, 0.3) is 0 Å². The summed E-state index contributed by atoms with van der Waals surface area (Å²) in [7, 11) is 0. The summed E-state index contributed by atoms with van der Waals surface area (Å²) in [6, 6.07) is 12.5. The van der Waals surface area contributed by atoms with E-state index < -0.39 is 0 Å². The Labute approximate surface area is 84.6 Å². The fourth-order valence-electron chi connectivity index (χ4n) is 0.342. The molecule has 1 nitrogen and oxygen atoms in total. The number of hydrogen-bond donors (Lipinski definition) is 0. The van der Waals surface area contributed by atoms with E-state index in [4.69, 9.17) is 11.8 Å². The second-order valence-corrected chi connectivity index (χ2v) is 1.08. The first kappa shape index (κ1) is 16.4. The van der Waals surface area contributed by atoms with Gasteiger partial charge in [-0.2, -0.15) is 36.4 Å². The van der Waals surface area contributed by atoms with E-state index in [-0.39, 0.29) is 36.5 Å². The molecule has 1 aromatic carbocycles. The zero-order valence-corrected chi connectivity index (χ0v) is 10.1. The zero-order chi connectivity index (χ0) is 6.24. The summed E-state index contributed by atoms with van der Waals surface area (Å²) in [6.07, 6.45) is 0. The predicted octanol–water partition coefficient (Wildman–Crippen LogP) is 2.16. The van der Waals surface area contributed by atoms with Crippen LogP contribution in [0.3, 0.4) is 0 Å². The Hall–Kier alpha value is -0.187. The third kappa shape index (κ3) is 10.7. The van der Waals surface area contributed by atoms with Crippen LogP contribution in [0.2, 0.25) is 0 Å². The molecule has 0 radical (unpaired) electrons. The molecule has 48 valence electrons. The molecule has 10 heavy (non-hydrogen) atoms. The minimum absolute atomic E-state index is 0. The van der Waals surface area contributed by atoms with E-state index in [0.29, 0.717) is 0 Å². The summed E-state index contributed by atoms with van der Waals surface area (Å²) in [5.41, 5.74) is 0. The fraction of sp³-hybridized carbons (Fsp3) is 0. The van der Waals surface area contributed by atoms with Crippen LogP contribution < -0.4 is 0 Å². The fourth-order valence-corrected chi connectivity index (χ4v) is 0.342. The second kappa shape index (κ2) is 15.9. The van der Waals surface area contributed by atoms with Gasteiger partial charge in [0, 0.05) is 0 Å². The molecular weight excluding hydrogens is 243 g/mol. The summed E-state index contributed by atoms with van der Waals surface area (Å²) in [6.45, 7) is 4.75. The molecule has 3 heteroatoms. The Bertz CT molecular complexity index is 114. The zero-order valence-electron chi connectivity index (χ0n) is 5.45. The molecule has 0 N–H and O–H groups in total. The molecule has 0 heterocycles. The Morgan fingerprint density at radius 1 is 1.00 bits per heavy atom.